The number of ether oxygens (including phenoxy) is 2. The van der Waals surface area contributed by atoms with Gasteiger partial charge in [-0.3, -0.25) is 4.79 Å². The van der Waals surface area contributed by atoms with E-state index in [1.807, 2.05) is 13.0 Å². The molecule has 0 aliphatic rings. The van der Waals surface area contributed by atoms with Gasteiger partial charge in [-0.2, -0.15) is 0 Å². The second kappa shape index (κ2) is 9.83. The van der Waals surface area contributed by atoms with Crippen LogP contribution in [0.4, 0.5) is 11.4 Å². The smallest absolute Gasteiger partial charge is 0.338 e. The van der Waals surface area contributed by atoms with Crippen LogP contribution in [-0.2, 0) is 9.53 Å². The third kappa shape index (κ3) is 5.89. The largest absolute Gasteiger partial charge is 0.495 e. The van der Waals surface area contributed by atoms with Crippen molar-refractivity contribution in [3.8, 4) is 5.75 Å². The fourth-order valence-corrected chi connectivity index (χ4v) is 2.56. The molecule has 0 radical (unpaired) electrons. The molecule has 0 fully saturated rings. The molecule has 2 rings (SSSR count). The number of aryl methyl sites for hydroxylation is 1. The number of nitrogens with one attached hydrogen (secondary N) is 2. The molecule has 2 aromatic rings. The topological polar surface area (TPSA) is 76.7 Å². The van der Waals surface area contributed by atoms with Crippen LogP contribution in [0.5, 0.6) is 5.75 Å². The van der Waals surface area contributed by atoms with Gasteiger partial charge in [0.25, 0.3) is 0 Å². The zero-order valence-corrected chi connectivity index (χ0v) is 16.4. The van der Waals surface area contributed by atoms with E-state index in [1.54, 1.807) is 44.4 Å². The molecule has 0 aromatic heterocycles. The van der Waals surface area contributed by atoms with Gasteiger partial charge < -0.3 is 20.1 Å². The van der Waals surface area contributed by atoms with E-state index >= 15 is 0 Å². The lowest BCUT2D eigenvalue weighted by Gasteiger charge is -2.13. The number of amides is 1. The van der Waals surface area contributed by atoms with Gasteiger partial charge in [0.1, 0.15) is 5.75 Å². The summed E-state index contributed by atoms with van der Waals surface area (Å²) in [5.74, 6) is 0.100. The van der Waals surface area contributed by atoms with Crippen LogP contribution in [0, 0.1) is 6.92 Å². The number of esters is 1. The molecule has 0 spiro atoms. The van der Waals surface area contributed by atoms with Gasteiger partial charge in [-0.1, -0.05) is 11.6 Å². The Bertz CT molecular complexity index is 806. The molecule has 144 valence electrons. The summed E-state index contributed by atoms with van der Waals surface area (Å²) in [4.78, 5) is 23.7. The minimum Gasteiger partial charge on any atom is -0.495 e. The Balaban J connectivity index is 1.86. The van der Waals surface area contributed by atoms with Crippen molar-refractivity contribution >= 4 is 34.9 Å². The van der Waals surface area contributed by atoms with Crippen molar-refractivity contribution in [1.82, 2.24) is 0 Å². The fraction of sp³-hybridized carbons (Fsp3) is 0.300. The summed E-state index contributed by atoms with van der Waals surface area (Å²) >= 11 is 6.09. The second-order valence-corrected chi connectivity index (χ2v) is 6.23. The van der Waals surface area contributed by atoms with Gasteiger partial charge >= 0.3 is 5.97 Å². The highest BCUT2D eigenvalue weighted by molar-refractivity contribution is 6.31. The Hall–Kier alpha value is -2.73. The second-order valence-electron chi connectivity index (χ2n) is 5.82. The summed E-state index contributed by atoms with van der Waals surface area (Å²) in [6.07, 6.45) is 0.268. The van der Waals surface area contributed by atoms with Crippen LogP contribution < -0.4 is 15.4 Å². The van der Waals surface area contributed by atoms with Crippen LogP contribution in [-0.4, -0.2) is 32.1 Å². The molecule has 2 N–H and O–H groups in total. The van der Waals surface area contributed by atoms with E-state index in [2.05, 4.69) is 10.6 Å². The Morgan fingerprint density at radius 3 is 2.48 bits per heavy atom. The van der Waals surface area contributed by atoms with Crippen molar-refractivity contribution in [2.75, 3.05) is 30.9 Å². The maximum Gasteiger partial charge on any atom is 0.338 e. The van der Waals surface area contributed by atoms with E-state index < -0.39 is 0 Å². The Labute approximate surface area is 163 Å². The molecule has 0 saturated carbocycles. The zero-order chi connectivity index (χ0) is 19.8. The molecule has 0 bridgehead atoms. The van der Waals surface area contributed by atoms with Gasteiger partial charge in [0.05, 0.1) is 25.0 Å². The first-order valence-corrected chi connectivity index (χ1v) is 8.97. The highest BCUT2D eigenvalue weighted by Crippen LogP contribution is 2.30. The van der Waals surface area contributed by atoms with E-state index in [0.29, 0.717) is 35.2 Å². The van der Waals surface area contributed by atoms with Gasteiger partial charge in [-0.05, 0) is 49.7 Å². The van der Waals surface area contributed by atoms with E-state index in [0.717, 1.165) is 11.3 Å². The summed E-state index contributed by atoms with van der Waals surface area (Å²) in [7, 11) is 1.57. The number of hydrogen-bond acceptors (Lipinski definition) is 5. The molecule has 27 heavy (non-hydrogen) atoms. The number of carbonyl (C=O) groups is 2. The lowest BCUT2D eigenvalue weighted by Crippen LogP contribution is -2.16. The van der Waals surface area contributed by atoms with Crippen molar-refractivity contribution in [3.63, 3.8) is 0 Å². The number of methoxy groups -OCH3 is 1. The summed E-state index contributed by atoms with van der Waals surface area (Å²) in [6.45, 7) is 4.41. The van der Waals surface area contributed by atoms with E-state index in [1.165, 1.54) is 0 Å². The number of anilines is 2. The maximum atomic E-state index is 12.1. The van der Waals surface area contributed by atoms with Gasteiger partial charge in [0.15, 0.2) is 0 Å². The molecule has 0 atom stereocenters. The van der Waals surface area contributed by atoms with Crippen molar-refractivity contribution in [2.24, 2.45) is 0 Å². The monoisotopic (exact) mass is 390 g/mol. The SMILES string of the molecule is CCOC(=O)c1ccc(NC(=O)CCNc2cc(C)c(Cl)cc2OC)cc1. The van der Waals surface area contributed by atoms with Crippen molar-refractivity contribution in [1.29, 1.82) is 0 Å². The van der Waals surface area contributed by atoms with Crippen molar-refractivity contribution in [2.45, 2.75) is 20.3 Å². The number of hydrogen-bond donors (Lipinski definition) is 2. The molecular weight excluding hydrogens is 368 g/mol. The van der Waals surface area contributed by atoms with Crippen LogP contribution in [0.25, 0.3) is 0 Å². The van der Waals surface area contributed by atoms with Gasteiger partial charge in [0.2, 0.25) is 5.91 Å². The Morgan fingerprint density at radius 2 is 1.85 bits per heavy atom. The standard InChI is InChI=1S/C20H23ClN2O4/c1-4-27-20(25)14-5-7-15(8-6-14)23-19(24)9-10-22-17-11-13(2)16(21)12-18(17)26-3/h5-8,11-12,22H,4,9-10H2,1-3H3,(H,23,24). The van der Waals surface area contributed by atoms with E-state index in [9.17, 15) is 9.59 Å². The summed E-state index contributed by atoms with van der Waals surface area (Å²) in [5.41, 5.74) is 2.77. The number of rotatable bonds is 8. The summed E-state index contributed by atoms with van der Waals surface area (Å²) < 4.78 is 10.2. The van der Waals surface area contributed by atoms with Crippen LogP contribution in [0.15, 0.2) is 36.4 Å². The lowest BCUT2D eigenvalue weighted by atomic mass is 10.2. The molecule has 0 saturated heterocycles. The number of carbonyl (C=O) groups excluding carboxylic acids is 2. The molecule has 1 amide bonds. The minimum absolute atomic E-state index is 0.143. The van der Waals surface area contributed by atoms with E-state index in [4.69, 9.17) is 21.1 Å². The maximum absolute atomic E-state index is 12.1. The highest BCUT2D eigenvalue weighted by atomic mass is 35.5. The van der Waals surface area contributed by atoms with Crippen molar-refractivity contribution in [3.05, 3.63) is 52.5 Å². The predicted molar refractivity (Wildman–Crippen MR) is 107 cm³/mol. The average Bonchev–Trinajstić information content (AvgIpc) is 2.65. The van der Waals surface area contributed by atoms with Crippen LogP contribution in [0.3, 0.4) is 0 Å². The van der Waals surface area contributed by atoms with Gasteiger partial charge in [-0.25, -0.2) is 4.79 Å². The first-order valence-electron chi connectivity index (χ1n) is 8.59. The summed E-state index contributed by atoms with van der Waals surface area (Å²) in [5, 5.41) is 6.60. The normalized spacial score (nSPS) is 10.2. The highest BCUT2D eigenvalue weighted by Gasteiger charge is 2.09. The first kappa shape index (κ1) is 20.6. The molecule has 0 aliphatic carbocycles. The Morgan fingerprint density at radius 1 is 1.15 bits per heavy atom. The van der Waals surface area contributed by atoms with Crippen LogP contribution >= 0.6 is 11.6 Å². The molecule has 0 unspecified atom stereocenters. The summed E-state index contributed by atoms with van der Waals surface area (Å²) in [6, 6.07) is 10.2. The first-order chi connectivity index (χ1) is 12.9. The Kier molecular flexibility index (Phi) is 7.49. The van der Waals surface area contributed by atoms with Crippen LogP contribution in [0.1, 0.15) is 29.3 Å². The van der Waals surface area contributed by atoms with Crippen LogP contribution in [0.2, 0.25) is 5.02 Å². The molecule has 7 heteroatoms. The molecular formula is C20H23ClN2O4. The predicted octanol–water partition coefficient (Wildman–Crippen LogP) is 4.27. The lowest BCUT2D eigenvalue weighted by molar-refractivity contribution is -0.115. The van der Waals surface area contributed by atoms with Gasteiger partial charge in [-0.15, -0.1) is 0 Å². The molecule has 6 nitrogen and oxygen atoms in total. The van der Waals surface area contributed by atoms with E-state index in [-0.39, 0.29) is 18.3 Å². The quantitative estimate of drug-likeness (QED) is 0.658. The van der Waals surface area contributed by atoms with Crippen molar-refractivity contribution < 1.29 is 19.1 Å². The molecule has 0 aliphatic heterocycles. The molecule has 2 aromatic carbocycles. The third-order valence-electron chi connectivity index (χ3n) is 3.83. The zero-order valence-electron chi connectivity index (χ0n) is 15.6. The fourth-order valence-electron chi connectivity index (χ4n) is 2.41. The third-order valence-corrected chi connectivity index (χ3v) is 4.24. The average molecular weight is 391 g/mol. The minimum atomic E-state index is -0.383. The number of benzene rings is 2. The number of halogens is 1. The molecule has 0 heterocycles. The van der Waals surface area contributed by atoms with Gasteiger partial charge in [0, 0.05) is 29.7 Å².